The van der Waals surface area contributed by atoms with E-state index in [4.69, 9.17) is 0 Å². The summed E-state index contributed by atoms with van der Waals surface area (Å²) in [5.41, 5.74) is 2.80. The zero-order chi connectivity index (χ0) is 17.1. The molecule has 3 rings (SSSR count). The molecule has 1 aliphatic rings. The van der Waals surface area contributed by atoms with Crippen molar-refractivity contribution in [2.75, 3.05) is 6.54 Å². The number of aryl methyl sites for hydroxylation is 1. The van der Waals surface area contributed by atoms with Crippen molar-refractivity contribution < 1.29 is 4.79 Å². The highest BCUT2D eigenvalue weighted by atomic mass is 16.2. The molecule has 0 saturated carbocycles. The number of rotatable bonds is 4. The Morgan fingerprint density at radius 2 is 2.21 bits per heavy atom. The van der Waals surface area contributed by atoms with Crippen LogP contribution in [0.1, 0.15) is 67.4 Å². The zero-order valence-electron chi connectivity index (χ0n) is 15.0. The second kappa shape index (κ2) is 7.24. The largest absolute Gasteiger partial charge is 0.353 e. The minimum absolute atomic E-state index is 0.0503. The lowest BCUT2D eigenvalue weighted by Gasteiger charge is -2.30. The minimum Gasteiger partial charge on any atom is -0.353 e. The quantitative estimate of drug-likeness (QED) is 0.930. The standard InChI is InChI=1S/C19H28N4O/c1-14(2)12-15-13-16(21-20-15)19(24)23-11-6-4-5-8-18(23)17-9-7-10-22(17)3/h7,9-10,13-14,18H,4-6,8,11-12H2,1-3H3,(H,20,21)/t18-/m1/s1. The van der Waals surface area contributed by atoms with Gasteiger partial charge in [0.25, 0.3) is 5.91 Å². The van der Waals surface area contributed by atoms with Crippen LogP contribution < -0.4 is 0 Å². The highest BCUT2D eigenvalue weighted by molar-refractivity contribution is 5.92. The predicted molar refractivity (Wildman–Crippen MR) is 94.8 cm³/mol. The molecule has 1 amide bonds. The first kappa shape index (κ1) is 16.8. The third-order valence-electron chi connectivity index (χ3n) is 4.82. The van der Waals surface area contributed by atoms with Gasteiger partial charge in [-0.1, -0.05) is 26.7 Å². The number of likely N-dealkylation sites (tertiary alicyclic amines) is 1. The zero-order valence-corrected chi connectivity index (χ0v) is 15.0. The lowest BCUT2D eigenvalue weighted by molar-refractivity contribution is 0.0668. The van der Waals surface area contributed by atoms with Gasteiger partial charge in [-0.25, -0.2) is 0 Å². The van der Waals surface area contributed by atoms with Gasteiger partial charge < -0.3 is 9.47 Å². The molecule has 3 heterocycles. The van der Waals surface area contributed by atoms with E-state index in [2.05, 4.69) is 54.0 Å². The predicted octanol–water partition coefficient (Wildman–Crippen LogP) is 3.70. The Hall–Kier alpha value is -2.04. The number of carbonyl (C=O) groups is 1. The fourth-order valence-corrected chi connectivity index (χ4v) is 3.64. The van der Waals surface area contributed by atoms with E-state index in [1.807, 2.05) is 11.0 Å². The molecule has 130 valence electrons. The number of aromatic amines is 1. The van der Waals surface area contributed by atoms with Crippen molar-refractivity contribution in [3.8, 4) is 0 Å². The van der Waals surface area contributed by atoms with Crippen molar-refractivity contribution in [3.63, 3.8) is 0 Å². The van der Waals surface area contributed by atoms with E-state index in [0.29, 0.717) is 11.6 Å². The maximum atomic E-state index is 13.1. The maximum Gasteiger partial charge on any atom is 0.274 e. The van der Waals surface area contributed by atoms with E-state index in [1.165, 1.54) is 18.5 Å². The molecule has 0 aromatic carbocycles. The van der Waals surface area contributed by atoms with Crippen LogP contribution in [0.2, 0.25) is 0 Å². The van der Waals surface area contributed by atoms with Crippen LogP contribution in [0, 0.1) is 5.92 Å². The molecule has 1 atom stereocenters. The summed E-state index contributed by atoms with van der Waals surface area (Å²) in [7, 11) is 2.05. The Kier molecular flexibility index (Phi) is 5.07. The molecule has 5 heteroatoms. The van der Waals surface area contributed by atoms with E-state index in [0.717, 1.165) is 31.5 Å². The molecule has 1 aliphatic heterocycles. The number of hydrogen-bond acceptors (Lipinski definition) is 2. The molecule has 5 nitrogen and oxygen atoms in total. The number of amides is 1. The summed E-state index contributed by atoms with van der Waals surface area (Å²) in [5, 5.41) is 7.32. The Bertz CT molecular complexity index is 685. The minimum atomic E-state index is 0.0503. The molecule has 1 saturated heterocycles. The lowest BCUT2D eigenvalue weighted by atomic mass is 10.1. The molecule has 24 heavy (non-hydrogen) atoms. The van der Waals surface area contributed by atoms with Gasteiger partial charge in [-0.05, 0) is 43.4 Å². The van der Waals surface area contributed by atoms with Crippen LogP contribution in [-0.4, -0.2) is 32.1 Å². The average molecular weight is 328 g/mol. The number of nitrogens with one attached hydrogen (secondary N) is 1. The van der Waals surface area contributed by atoms with Crippen LogP contribution in [-0.2, 0) is 13.5 Å². The Morgan fingerprint density at radius 1 is 1.38 bits per heavy atom. The van der Waals surface area contributed by atoms with Gasteiger partial charge in [0.2, 0.25) is 0 Å². The van der Waals surface area contributed by atoms with Crippen LogP contribution in [0.25, 0.3) is 0 Å². The highest BCUT2D eigenvalue weighted by Gasteiger charge is 2.30. The van der Waals surface area contributed by atoms with Gasteiger partial charge in [-0.2, -0.15) is 5.10 Å². The van der Waals surface area contributed by atoms with Gasteiger partial charge in [0.05, 0.1) is 6.04 Å². The van der Waals surface area contributed by atoms with Gasteiger partial charge >= 0.3 is 0 Å². The van der Waals surface area contributed by atoms with Gasteiger partial charge in [-0.15, -0.1) is 0 Å². The van der Waals surface area contributed by atoms with Gasteiger partial charge in [0, 0.05) is 31.2 Å². The molecular weight excluding hydrogens is 300 g/mol. The molecule has 0 spiro atoms. The molecule has 0 radical (unpaired) electrons. The topological polar surface area (TPSA) is 53.9 Å². The molecule has 0 bridgehead atoms. The highest BCUT2D eigenvalue weighted by Crippen LogP contribution is 2.31. The Balaban J connectivity index is 1.84. The van der Waals surface area contributed by atoms with E-state index in [-0.39, 0.29) is 11.9 Å². The molecule has 1 N–H and O–H groups in total. The molecule has 2 aromatic heterocycles. The first-order valence-corrected chi connectivity index (χ1v) is 9.02. The maximum absolute atomic E-state index is 13.1. The van der Waals surface area contributed by atoms with Crippen LogP contribution in [0.3, 0.4) is 0 Å². The normalized spacial score (nSPS) is 18.8. The molecule has 1 fully saturated rings. The van der Waals surface area contributed by atoms with Crippen LogP contribution >= 0.6 is 0 Å². The number of aromatic nitrogens is 3. The lowest BCUT2D eigenvalue weighted by Crippen LogP contribution is -2.35. The van der Waals surface area contributed by atoms with Crippen LogP contribution in [0.5, 0.6) is 0 Å². The van der Waals surface area contributed by atoms with Crippen molar-refractivity contribution in [1.29, 1.82) is 0 Å². The average Bonchev–Trinajstić information content (AvgIpc) is 3.09. The third kappa shape index (κ3) is 3.55. The summed E-state index contributed by atoms with van der Waals surface area (Å²) in [6.45, 7) is 5.15. The van der Waals surface area contributed by atoms with Crippen molar-refractivity contribution in [1.82, 2.24) is 19.7 Å². The second-order valence-electron chi connectivity index (χ2n) is 7.28. The van der Waals surface area contributed by atoms with Crippen LogP contribution in [0.15, 0.2) is 24.4 Å². The van der Waals surface area contributed by atoms with Crippen molar-refractivity contribution in [2.24, 2.45) is 13.0 Å². The Labute approximate surface area is 144 Å². The number of carbonyl (C=O) groups excluding carboxylic acids is 1. The number of H-pyrrole nitrogens is 1. The van der Waals surface area contributed by atoms with E-state index >= 15 is 0 Å². The number of hydrogen-bond donors (Lipinski definition) is 1. The van der Waals surface area contributed by atoms with Gasteiger partial charge in [0.15, 0.2) is 0 Å². The molecule has 2 aromatic rings. The van der Waals surface area contributed by atoms with Crippen molar-refractivity contribution in [2.45, 2.75) is 52.0 Å². The van der Waals surface area contributed by atoms with Crippen molar-refractivity contribution >= 4 is 5.91 Å². The van der Waals surface area contributed by atoms with Gasteiger partial charge in [0.1, 0.15) is 5.69 Å². The third-order valence-corrected chi connectivity index (χ3v) is 4.82. The fourth-order valence-electron chi connectivity index (χ4n) is 3.64. The summed E-state index contributed by atoms with van der Waals surface area (Å²) < 4.78 is 2.13. The molecular formula is C19H28N4O. The second-order valence-corrected chi connectivity index (χ2v) is 7.28. The van der Waals surface area contributed by atoms with Gasteiger partial charge in [-0.3, -0.25) is 9.89 Å². The Morgan fingerprint density at radius 3 is 2.92 bits per heavy atom. The summed E-state index contributed by atoms with van der Waals surface area (Å²) in [4.78, 5) is 15.1. The monoisotopic (exact) mass is 328 g/mol. The van der Waals surface area contributed by atoms with E-state index in [1.54, 1.807) is 0 Å². The summed E-state index contributed by atoms with van der Waals surface area (Å²) >= 11 is 0. The van der Waals surface area contributed by atoms with E-state index < -0.39 is 0 Å². The summed E-state index contributed by atoms with van der Waals surface area (Å²) in [6.07, 6.45) is 7.41. The molecule has 0 aliphatic carbocycles. The first-order chi connectivity index (χ1) is 11.6. The SMILES string of the molecule is CC(C)Cc1cc(C(=O)N2CCCCC[C@@H]2c2cccn2C)n[nH]1. The summed E-state index contributed by atoms with van der Waals surface area (Å²) in [5.74, 6) is 0.595. The number of nitrogens with zero attached hydrogens (tertiary/aromatic N) is 3. The first-order valence-electron chi connectivity index (χ1n) is 9.02. The smallest absolute Gasteiger partial charge is 0.274 e. The van der Waals surface area contributed by atoms with E-state index in [9.17, 15) is 4.79 Å². The molecule has 0 unspecified atom stereocenters. The van der Waals surface area contributed by atoms with Crippen molar-refractivity contribution in [3.05, 3.63) is 41.5 Å². The summed E-state index contributed by atoms with van der Waals surface area (Å²) in [6, 6.07) is 6.25. The fraction of sp³-hybridized carbons (Fsp3) is 0.579. The van der Waals surface area contributed by atoms with Crippen LogP contribution in [0.4, 0.5) is 0 Å².